The van der Waals surface area contributed by atoms with Crippen LogP contribution >= 0.6 is 0 Å². The molecule has 3 nitrogen and oxygen atoms in total. The molecule has 3 heteroatoms. The van der Waals surface area contributed by atoms with Crippen molar-refractivity contribution in [2.45, 2.75) is 32.7 Å². The van der Waals surface area contributed by atoms with E-state index in [9.17, 15) is 4.79 Å². The second kappa shape index (κ2) is 6.01. The zero-order valence-electron chi connectivity index (χ0n) is 11.2. The first kappa shape index (κ1) is 13.1. The number of carbonyl (C=O) groups excluding carboxylic acids is 1. The zero-order chi connectivity index (χ0) is 13.0. The van der Waals surface area contributed by atoms with E-state index in [1.807, 2.05) is 6.92 Å². The van der Waals surface area contributed by atoms with Crippen molar-refractivity contribution in [1.82, 2.24) is 10.6 Å². The van der Waals surface area contributed by atoms with Gasteiger partial charge in [0, 0.05) is 0 Å². The van der Waals surface area contributed by atoms with Gasteiger partial charge in [-0.2, -0.15) is 0 Å². The highest BCUT2D eigenvalue weighted by molar-refractivity contribution is 5.78. The molecular weight excluding hydrogens is 224 g/mol. The molecule has 1 unspecified atom stereocenters. The molecule has 0 heterocycles. The quantitative estimate of drug-likeness (QED) is 0.807. The summed E-state index contributed by atoms with van der Waals surface area (Å²) in [5, 5.41) is 6.21. The van der Waals surface area contributed by atoms with E-state index in [2.05, 4.69) is 41.8 Å². The summed E-state index contributed by atoms with van der Waals surface area (Å²) in [6.07, 6.45) is 2.63. The van der Waals surface area contributed by atoms with Gasteiger partial charge in [0.2, 0.25) is 5.91 Å². The zero-order valence-corrected chi connectivity index (χ0v) is 11.2. The fourth-order valence-electron chi connectivity index (χ4n) is 1.94. The van der Waals surface area contributed by atoms with Gasteiger partial charge in [0.1, 0.15) is 0 Å². The average Bonchev–Trinajstić information content (AvgIpc) is 3.13. The smallest absolute Gasteiger partial charge is 0.234 e. The predicted molar refractivity (Wildman–Crippen MR) is 73.3 cm³/mol. The van der Waals surface area contributed by atoms with E-state index >= 15 is 0 Å². The number of amides is 1. The Hall–Kier alpha value is -1.35. The third-order valence-corrected chi connectivity index (χ3v) is 3.37. The molecule has 1 atom stereocenters. The van der Waals surface area contributed by atoms with Crippen molar-refractivity contribution >= 4 is 5.91 Å². The first-order valence-electron chi connectivity index (χ1n) is 6.72. The summed E-state index contributed by atoms with van der Waals surface area (Å²) >= 11 is 0. The molecule has 1 fully saturated rings. The Morgan fingerprint density at radius 2 is 2.00 bits per heavy atom. The standard InChI is InChI=1S/C15H22N2O/c1-11-3-7-14(8-4-11)12(2)17-15(18)10-16-9-13-5-6-13/h3-4,7-8,12-13,16H,5-6,9-10H2,1-2H3,(H,17,18). The highest BCUT2D eigenvalue weighted by Gasteiger charge is 2.20. The van der Waals surface area contributed by atoms with Gasteiger partial charge < -0.3 is 10.6 Å². The molecule has 1 aliphatic carbocycles. The van der Waals surface area contributed by atoms with Crippen molar-refractivity contribution in [3.8, 4) is 0 Å². The van der Waals surface area contributed by atoms with Gasteiger partial charge in [-0.05, 0) is 44.7 Å². The molecule has 2 rings (SSSR count). The second-order valence-corrected chi connectivity index (χ2v) is 5.27. The minimum absolute atomic E-state index is 0.0702. The van der Waals surface area contributed by atoms with Gasteiger partial charge in [-0.1, -0.05) is 29.8 Å². The maximum atomic E-state index is 11.7. The molecule has 1 aliphatic rings. The molecule has 98 valence electrons. The van der Waals surface area contributed by atoms with E-state index in [0.29, 0.717) is 6.54 Å². The van der Waals surface area contributed by atoms with E-state index < -0.39 is 0 Å². The van der Waals surface area contributed by atoms with Crippen LogP contribution in [0.15, 0.2) is 24.3 Å². The minimum atomic E-state index is 0.0702. The van der Waals surface area contributed by atoms with Crippen molar-refractivity contribution in [3.05, 3.63) is 35.4 Å². The first-order chi connectivity index (χ1) is 8.65. The number of rotatable bonds is 6. The fraction of sp³-hybridized carbons (Fsp3) is 0.533. The van der Waals surface area contributed by atoms with Gasteiger partial charge >= 0.3 is 0 Å². The molecule has 0 radical (unpaired) electrons. The molecule has 0 bridgehead atoms. The Morgan fingerprint density at radius 3 is 2.61 bits per heavy atom. The SMILES string of the molecule is Cc1ccc(C(C)NC(=O)CNCC2CC2)cc1. The molecule has 1 amide bonds. The highest BCUT2D eigenvalue weighted by Crippen LogP contribution is 2.27. The molecule has 0 spiro atoms. The van der Waals surface area contributed by atoms with Crippen LogP contribution in [0.3, 0.4) is 0 Å². The number of hydrogen-bond donors (Lipinski definition) is 2. The lowest BCUT2D eigenvalue weighted by Crippen LogP contribution is -2.36. The lowest BCUT2D eigenvalue weighted by molar-refractivity contribution is -0.120. The Labute approximate surface area is 109 Å². The van der Waals surface area contributed by atoms with Gasteiger partial charge in [0.15, 0.2) is 0 Å². The Balaban J connectivity index is 1.73. The topological polar surface area (TPSA) is 41.1 Å². The third kappa shape index (κ3) is 4.15. The van der Waals surface area contributed by atoms with Crippen molar-refractivity contribution < 1.29 is 4.79 Å². The van der Waals surface area contributed by atoms with Gasteiger partial charge in [0.25, 0.3) is 0 Å². The predicted octanol–water partition coefficient (Wildman–Crippen LogP) is 2.17. The van der Waals surface area contributed by atoms with Gasteiger partial charge in [-0.15, -0.1) is 0 Å². The van der Waals surface area contributed by atoms with Crippen molar-refractivity contribution in [1.29, 1.82) is 0 Å². The number of hydrogen-bond acceptors (Lipinski definition) is 2. The molecule has 0 aliphatic heterocycles. The number of carbonyl (C=O) groups is 1. The number of aryl methyl sites for hydroxylation is 1. The summed E-state index contributed by atoms with van der Waals surface area (Å²) in [4.78, 5) is 11.7. The van der Waals surface area contributed by atoms with Crippen LogP contribution in [-0.4, -0.2) is 19.0 Å². The van der Waals surface area contributed by atoms with Gasteiger partial charge in [-0.3, -0.25) is 4.79 Å². The van der Waals surface area contributed by atoms with Crippen LogP contribution in [0.5, 0.6) is 0 Å². The second-order valence-electron chi connectivity index (χ2n) is 5.27. The summed E-state index contributed by atoms with van der Waals surface area (Å²) in [6.45, 7) is 5.48. The monoisotopic (exact) mass is 246 g/mol. The van der Waals surface area contributed by atoms with Crippen molar-refractivity contribution in [3.63, 3.8) is 0 Å². The van der Waals surface area contributed by atoms with E-state index in [1.165, 1.54) is 18.4 Å². The number of benzene rings is 1. The fourth-order valence-corrected chi connectivity index (χ4v) is 1.94. The first-order valence-corrected chi connectivity index (χ1v) is 6.72. The molecule has 1 aromatic carbocycles. The van der Waals surface area contributed by atoms with Gasteiger partial charge in [-0.25, -0.2) is 0 Å². The Kier molecular flexibility index (Phi) is 4.37. The van der Waals surface area contributed by atoms with E-state index in [4.69, 9.17) is 0 Å². The van der Waals surface area contributed by atoms with Crippen LogP contribution in [0.25, 0.3) is 0 Å². The molecular formula is C15H22N2O. The van der Waals surface area contributed by atoms with E-state index in [0.717, 1.165) is 18.0 Å². The van der Waals surface area contributed by atoms with E-state index in [1.54, 1.807) is 0 Å². The molecule has 0 aromatic heterocycles. The normalized spacial score (nSPS) is 16.3. The maximum Gasteiger partial charge on any atom is 0.234 e. The van der Waals surface area contributed by atoms with E-state index in [-0.39, 0.29) is 11.9 Å². The average molecular weight is 246 g/mol. The van der Waals surface area contributed by atoms with Crippen molar-refractivity contribution in [2.75, 3.05) is 13.1 Å². The molecule has 2 N–H and O–H groups in total. The lowest BCUT2D eigenvalue weighted by atomic mass is 10.1. The summed E-state index contributed by atoms with van der Waals surface area (Å²) in [6, 6.07) is 8.35. The third-order valence-electron chi connectivity index (χ3n) is 3.37. The van der Waals surface area contributed by atoms with Crippen LogP contribution in [0.2, 0.25) is 0 Å². The molecule has 1 saturated carbocycles. The summed E-state index contributed by atoms with van der Waals surface area (Å²) in [5.41, 5.74) is 2.39. The lowest BCUT2D eigenvalue weighted by Gasteiger charge is -2.15. The molecule has 1 aromatic rings. The summed E-state index contributed by atoms with van der Waals surface area (Å²) in [7, 11) is 0. The van der Waals surface area contributed by atoms with Gasteiger partial charge in [0.05, 0.1) is 12.6 Å². The van der Waals surface area contributed by atoms with Crippen LogP contribution < -0.4 is 10.6 Å². The van der Waals surface area contributed by atoms with Crippen LogP contribution in [-0.2, 0) is 4.79 Å². The maximum absolute atomic E-state index is 11.7. The van der Waals surface area contributed by atoms with Crippen LogP contribution in [0.1, 0.15) is 36.9 Å². The largest absolute Gasteiger partial charge is 0.348 e. The summed E-state index contributed by atoms with van der Waals surface area (Å²) in [5.74, 6) is 0.885. The summed E-state index contributed by atoms with van der Waals surface area (Å²) < 4.78 is 0. The molecule has 18 heavy (non-hydrogen) atoms. The molecule has 0 saturated heterocycles. The highest BCUT2D eigenvalue weighted by atomic mass is 16.1. The Morgan fingerprint density at radius 1 is 1.33 bits per heavy atom. The van der Waals surface area contributed by atoms with Crippen LogP contribution in [0, 0.1) is 12.8 Å². The van der Waals surface area contributed by atoms with Crippen LogP contribution in [0.4, 0.5) is 0 Å². The minimum Gasteiger partial charge on any atom is -0.348 e. The number of nitrogens with one attached hydrogen (secondary N) is 2. The van der Waals surface area contributed by atoms with Crippen molar-refractivity contribution in [2.24, 2.45) is 5.92 Å². The Bertz CT molecular complexity index is 395.